The number of carboxylic acid groups (broad SMARTS) is 1. The monoisotopic (exact) mass is 260 g/mol. The van der Waals surface area contributed by atoms with Gasteiger partial charge >= 0.3 is 5.97 Å². The summed E-state index contributed by atoms with van der Waals surface area (Å²) in [5.74, 6) is -1.27. The maximum atomic E-state index is 11.8. The van der Waals surface area contributed by atoms with Gasteiger partial charge in [0.2, 0.25) is 10.0 Å². The molecule has 0 amide bonds. The van der Waals surface area contributed by atoms with Crippen LogP contribution in [0.2, 0.25) is 0 Å². The molecule has 0 aliphatic carbocycles. The van der Waals surface area contributed by atoms with Crippen LogP contribution in [-0.2, 0) is 20.6 Å². The zero-order valence-corrected chi connectivity index (χ0v) is 9.98. The minimum atomic E-state index is -3.48. The Kier molecular flexibility index (Phi) is 2.92. The lowest BCUT2D eigenvalue weighted by Crippen LogP contribution is -2.53. The summed E-state index contributed by atoms with van der Waals surface area (Å²) in [5.41, 5.74) is 0.335. The average molecular weight is 260 g/mol. The quantitative estimate of drug-likeness (QED) is 0.806. The highest BCUT2D eigenvalue weighted by atomic mass is 32.2. The molecular formula is C9H12N2O5S. The summed E-state index contributed by atoms with van der Waals surface area (Å²) in [4.78, 5) is 10.6. The van der Waals surface area contributed by atoms with Crippen LogP contribution in [0.25, 0.3) is 0 Å². The first-order valence-electron chi connectivity index (χ1n) is 5.01. The van der Waals surface area contributed by atoms with Crippen LogP contribution in [0.1, 0.15) is 11.5 Å². The van der Waals surface area contributed by atoms with Crippen molar-refractivity contribution in [3.63, 3.8) is 0 Å². The van der Waals surface area contributed by atoms with Crippen molar-refractivity contribution in [2.75, 3.05) is 13.1 Å². The van der Waals surface area contributed by atoms with E-state index in [1.165, 1.54) is 0 Å². The fourth-order valence-electron chi connectivity index (χ4n) is 1.59. The molecule has 0 atom stereocenters. The molecule has 94 valence electrons. The van der Waals surface area contributed by atoms with Gasteiger partial charge in [-0.05, 0) is 6.92 Å². The van der Waals surface area contributed by atoms with Crippen molar-refractivity contribution in [1.82, 2.24) is 9.46 Å². The Morgan fingerprint density at radius 2 is 2.29 bits per heavy atom. The molecule has 0 radical (unpaired) electrons. The van der Waals surface area contributed by atoms with Crippen molar-refractivity contribution in [3.05, 3.63) is 17.5 Å². The number of aromatic nitrogens is 1. The molecule has 7 nitrogen and oxygen atoms in total. The van der Waals surface area contributed by atoms with Gasteiger partial charge in [-0.15, -0.1) is 0 Å². The van der Waals surface area contributed by atoms with E-state index in [4.69, 9.17) is 9.63 Å². The molecule has 1 fully saturated rings. The second-order valence-electron chi connectivity index (χ2n) is 4.04. The summed E-state index contributed by atoms with van der Waals surface area (Å²) in [6.45, 7) is 1.75. The first kappa shape index (κ1) is 12.1. The summed E-state index contributed by atoms with van der Waals surface area (Å²) in [5, 5.41) is 12.3. The molecule has 17 heavy (non-hydrogen) atoms. The van der Waals surface area contributed by atoms with Gasteiger partial charge in [0.25, 0.3) is 0 Å². The lowest BCUT2D eigenvalue weighted by atomic mass is 10.0. The Labute approximate surface area is 98.1 Å². The zero-order valence-electron chi connectivity index (χ0n) is 9.16. The predicted octanol–water partition coefficient (Wildman–Crippen LogP) is -0.171. The molecule has 1 aliphatic heterocycles. The van der Waals surface area contributed by atoms with Crippen LogP contribution in [0.4, 0.5) is 0 Å². The molecule has 1 aromatic rings. The van der Waals surface area contributed by atoms with Crippen LogP contribution < -0.4 is 0 Å². The van der Waals surface area contributed by atoms with Gasteiger partial charge in [0.1, 0.15) is 17.2 Å². The van der Waals surface area contributed by atoms with Crippen molar-refractivity contribution >= 4 is 16.0 Å². The number of carbonyl (C=O) groups is 1. The Balaban J connectivity index is 1.99. The maximum absolute atomic E-state index is 11.8. The van der Waals surface area contributed by atoms with E-state index in [0.717, 1.165) is 4.31 Å². The summed E-state index contributed by atoms with van der Waals surface area (Å²) in [6.07, 6.45) is 0. The standard InChI is InChI=1S/C9H12N2O5S/c1-6-2-8(10-16-6)5-17(14,15)11-3-7(4-11)9(12)13/h2,7H,3-5H2,1H3,(H,12,13). The van der Waals surface area contributed by atoms with E-state index in [9.17, 15) is 13.2 Å². The number of rotatable bonds is 4. The molecule has 2 heterocycles. The van der Waals surface area contributed by atoms with Crippen LogP contribution in [-0.4, -0.2) is 42.0 Å². The highest BCUT2D eigenvalue weighted by molar-refractivity contribution is 7.88. The van der Waals surface area contributed by atoms with Crippen LogP contribution in [0.3, 0.4) is 0 Å². The van der Waals surface area contributed by atoms with E-state index in [1.807, 2.05) is 0 Å². The lowest BCUT2D eigenvalue weighted by Gasteiger charge is -2.35. The van der Waals surface area contributed by atoms with E-state index >= 15 is 0 Å². The van der Waals surface area contributed by atoms with Crippen molar-refractivity contribution < 1.29 is 22.8 Å². The Morgan fingerprint density at radius 3 is 2.76 bits per heavy atom. The SMILES string of the molecule is Cc1cc(CS(=O)(=O)N2CC(C(=O)O)C2)no1. The van der Waals surface area contributed by atoms with Gasteiger partial charge in [-0.3, -0.25) is 4.79 Å². The molecule has 2 rings (SSSR count). The molecule has 0 spiro atoms. The highest BCUT2D eigenvalue weighted by Crippen LogP contribution is 2.22. The molecule has 1 aliphatic rings. The average Bonchev–Trinajstić information content (AvgIpc) is 2.45. The first-order valence-corrected chi connectivity index (χ1v) is 6.62. The number of sulfonamides is 1. The summed E-state index contributed by atoms with van der Waals surface area (Å²) in [6, 6.07) is 1.55. The summed E-state index contributed by atoms with van der Waals surface area (Å²) < 4.78 is 29.5. The van der Waals surface area contributed by atoms with E-state index in [2.05, 4.69) is 5.16 Å². The third-order valence-electron chi connectivity index (χ3n) is 2.60. The van der Waals surface area contributed by atoms with Crippen molar-refractivity contribution in [2.45, 2.75) is 12.7 Å². The van der Waals surface area contributed by atoms with Crippen molar-refractivity contribution in [2.24, 2.45) is 5.92 Å². The molecule has 8 heteroatoms. The molecule has 1 aromatic heterocycles. The van der Waals surface area contributed by atoms with Crippen molar-refractivity contribution in [1.29, 1.82) is 0 Å². The molecule has 1 N–H and O–H groups in total. The zero-order chi connectivity index (χ0) is 12.6. The van der Waals surface area contributed by atoms with E-state index in [1.54, 1.807) is 13.0 Å². The van der Waals surface area contributed by atoms with Gasteiger partial charge < -0.3 is 9.63 Å². The van der Waals surface area contributed by atoms with Gasteiger partial charge in [-0.2, -0.15) is 4.31 Å². The number of carboxylic acids is 1. The highest BCUT2D eigenvalue weighted by Gasteiger charge is 2.39. The number of nitrogens with zero attached hydrogens (tertiary/aromatic N) is 2. The number of aliphatic carboxylic acids is 1. The molecule has 0 unspecified atom stereocenters. The van der Waals surface area contributed by atoms with Crippen LogP contribution in [0.15, 0.2) is 10.6 Å². The minimum Gasteiger partial charge on any atom is -0.481 e. The van der Waals surface area contributed by atoms with Crippen molar-refractivity contribution in [3.8, 4) is 0 Å². The van der Waals surface area contributed by atoms with E-state index in [0.29, 0.717) is 11.5 Å². The Hall–Kier alpha value is -1.41. The maximum Gasteiger partial charge on any atom is 0.309 e. The largest absolute Gasteiger partial charge is 0.481 e. The van der Waals surface area contributed by atoms with Crippen LogP contribution >= 0.6 is 0 Å². The Morgan fingerprint density at radius 1 is 1.65 bits per heavy atom. The minimum absolute atomic E-state index is 0.0362. The topological polar surface area (TPSA) is 101 Å². The second kappa shape index (κ2) is 4.11. The first-order chi connectivity index (χ1) is 7.88. The third-order valence-corrected chi connectivity index (χ3v) is 4.34. The predicted molar refractivity (Wildman–Crippen MR) is 56.6 cm³/mol. The molecule has 1 saturated heterocycles. The normalized spacial score (nSPS) is 17.9. The van der Waals surface area contributed by atoms with Gasteiger partial charge in [0, 0.05) is 19.2 Å². The summed E-state index contributed by atoms with van der Waals surface area (Å²) in [7, 11) is -3.48. The fourth-order valence-corrected chi connectivity index (χ4v) is 3.09. The number of hydrogen-bond donors (Lipinski definition) is 1. The number of hydrogen-bond acceptors (Lipinski definition) is 5. The van der Waals surface area contributed by atoms with E-state index < -0.39 is 21.9 Å². The van der Waals surface area contributed by atoms with Gasteiger partial charge in [0.05, 0.1) is 5.92 Å². The lowest BCUT2D eigenvalue weighted by molar-refractivity contribution is -0.145. The molecule has 0 bridgehead atoms. The second-order valence-corrected chi connectivity index (χ2v) is 6.01. The Bertz CT molecular complexity index is 529. The van der Waals surface area contributed by atoms with Gasteiger partial charge in [-0.25, -0.2) is 8.42 Å². The molecule has 0 saturated carbocycles. The van der Waals surface area contributed by atoms with Gasteiger partial charge in [-0.1, -0.05) is 5.16 Å². The van der Waals surface area contributed by atoms with Crippen LogP contribution in [0, 0.1) is 12.8 Å². The smallest absolute Gasteiger partial charge is 0.309 e. The molecular weight excluding hydrogens is 248 g/mol. The van der Waals surface area contributed by atoms with E-state index in [-0.39, 0.29) is 18.8 Å². The number of aryl methyl sites for hydroxylation is 1. The van der Waals surface area contributed by atoms with Gasteiger partial charge in [0.15, 0.2) is 0 Å². The molecule has 0 aromatic carbocycles. The van der Waals surface area contributed by atoms with Crippen LogP contribution in [0.5, 0.6) is 0 Å². The fraction of sp³-hybridized carbons (Fsp3) is 0.556. The summed E-state index contributed by atoms with van der Waals surface area (Å²) >= 11 is 0. The third kappa shape index (κ3) is 2.47.